The van der Waals surface area contributed by atoms with Gasteiger partial charge in [-0.1, -0.05) is 17.2 Å². The Morgan fingerprint density at radius 1 is 1.21 bits per heavy atom. The Balaban J connectivity index is 2.43. The number of methoxy groups -OCH3 is 1. The van der Waals surface area contributed by atoms with Crippen LogP contribution in [0.3, 0.4) is 0 Å². The van der Waals surface area contributed by atoms with Crippen molar-refractivity contribution < 1.29 is 14.4 Å². The molecule has 0 spiro atoms. The topological polar surface area (TPSA) is 83.6 Å². The van der Waals surface area contributed by atoms with Crippen molar-refractivity contribution in [1.82, 2.24) is 4.57 Å². The van der Waals surface area contributed by atoms with Crippen LogP contribution >= 0.6 is 0 Å². The quantitative estimate of drug-likeness (QED) is 0.336. The zero-order valence-corrected chi connectivity index (χ0v) is 17.7. The van der Waals surface area contributed by atoms with Crippen LogP contribution in [-0.2, 0) is 6.54 Å². The van der Waals surface area contributed by atoms with Gasteiger partial charge in [0.25, 0.3) is 11.2 Å². The number of nitro groups is 1. The maximum absolute atomic E-state index is 12.8. The van der Waals surface area contributed by atoms with Crippen LogP contribution in [0.1, 0.15) is 40.5 Å². The summed E-state index contributed by atoms with van der Waals surface area (Å²) in [5, 5.41) is 11.8. The molecule has 0 N–H and O–H groups in total. The number of rotatable bonds is 9. The molecule has 1 aromatic heterocycles. The summed E-state index contributed by atoms with van der Waals surface area (Å²) in [4.78, 5) is 23.5. The van der Waals surface area contributed by atoms with Crippen LogP contribution in [0.4, 0.5) is 5.69 Å². The second-order valence-electron chi connectivity index (χ2n) is 7.05. The van der Waals surface area contributed by atoms with E-state index in [1.54, 1.807) is 13.0 Å². The maximum Gasteiger partial charge on any atom is 0.297 e. The fourth-order valence-corrected chi connectivity index (χ4v) is 3.10. The summed E-state index contributed by atoms with van der Waals surface area (Å²) in [6.07, 6.45) is 6.05. The zero-order chi connectivity index (χ0) is 21.6. The van der Waals surface area contributed by atoms with Crippen LogP contribution in [0.25, 0.3) is 10.9 Å². The molecule has 2 rings (SSSR count). The lowest BCUT2D eigenvalue weighted by atomic mass is 10.1. The number of hydrogen-bond acceptors (Lipinski definition) is 5. The SMILES string of the molecule is CCn1c(=O)c(OC)c(OCC=C(C)CCC=C(C)C)c2ccc([N+](=O)[O-])cc21. The fourth-order valence-electron chi connectivity index (χ4n) is 3.10. The monoisotopic (exact) mass is 400 g/mol. The molecule has 0 aliphatic carbocycles. The van der Waals surface area contributed by atoms with Crippen LogP contribution in [0, 0.1) is 10.1 Å². The van der Waals surface area contributed by atoms with Gasteiger partial charge in [0.2, 0.25) is 5.75 Å². The molecule has 0 fully saturated rings. The summed E-state index contributed by atoms with van der Waals surface area (Å²) in [7, 11) is 1.42. The first-order valence-electron chi connectivity index (χ1n) is 9.60. The summed E-state index contributed by atoms with van der Waals surface area (Å²) in [6, 6.07) is 4.40. The molecule has 2 aromatic rings. The van der Waals surface area contributed by atoms with Gasteiger partial charge in [-0.15, -0.1) is 0 Å². The molecule has 0 atom stereocenters. The summed E-state index contributed by atoms with van der Waals surface area (Å²) in [6.45, 7) is 8.62. The molecule has 1 heterocycles. The third-order valence-electron chi connectivity index (χ3n) is 4.64. The molecule has 156 valence electrons. The van der Waals surface area contributed by atoms with Gasteiger partial charge >= 0.3 is 0 Å². The standard InChI is InChI=1S/C22H28N2O5/c1-6-23-19-14-17(24(26)27)10-11-18(19)20(21(28-5)22(23)25)29-13-12-16(4)9-7-8-15(2)3/h8,10-12,14H,6-7,9,13H2,1-5H3. The second kappa shape index (κ2) is 9.91. The lowest BCUT2D eigenvalue weighted by Gasteiger charge is -2.16. The average molecular weight is 400 g/mol. The van der Waals surface area contributed by atoms with Crippen LogP contribution < -0.4 is 15.0 Å². The van der Waals surface area contributed by atoms with Crippen molar-refractivity contribution in [2.24, 2.45) is 0 Å². The number of nitro benzene ring substituents is 1. The lowest BCUT2D eigenvalue weighted by molar-refractivity contribution is -0.384. The number of fused-ring (bicyclic) bond motifs is 1. The Kier molecular flexibility index (Phi) is 7.59. The first-order valence-corrected chi connectivity index (χ1v) is 9.60. The smallest absolute Gasteiger partial charge is 0.297 e. The van der Waals surface area contributed by atoms with E-state index < -0.39 is 4.92 Å². The van der Waals surface area contributed by atoms with Crippen LogP contribution in [0.5, 0.6) is 11.5 Å². The number of hydrogen-bond donors (Lipinski definition) is 0. The first-order chi connectivity index (χ1) is 13.8. The van der Waals surface area contributed by atoms with E-state index in [0.29, 0.717) is 23.2 Å². The minimum Gasteiger partial charge on any atom is -0.488 e. The molecule has 0 bridgehead atoms. The highest BCUT2D eigenvalue weighted by atomic mass is 16.6. The predicted molar refractivity (Wildman–Crippen MR) is 115 cm³/mol. The molecule has 0 aliphatic rings. The van der Waals surface area contributed by atoms with Gasteiger partial charge < -0.3 is 14.0 Å². The van der Waals surface area contributed by atoms with Gasteiger partial charge in [0.1, 0.15) is 6.61 Å². The number of allylic oxidation sites excluding steroid dienone is 3. The molecule has 29 heavy (non-hydrogen) atoms. The number of aromatic nitrogens is 1. The molecule has 0 saturated heterocycles. The van der Waals surface area contributed by atoms with Gasteiger partial charge in [-0.25, -0.2) is 0 Å². The van der Waals surface area contributed by atoms with E-state index in [1.807, 2.05) is 13.0 Å². The summed E-state index contributed by atoms with van der Waals surface area (Å²) in [5.41, 5.74) is 2.47. The molecule has 0 saturated carbocycles. The second-order valence-corrected chi connectivity index (χ2v) is 7.05. The van der Waals surface area contributed by atoms with E-state index in [-0.39, 0.29) is 23.6 Å². The van der Waals surface area contributed by atoms with E-state index in [9.17, 15) is 14.9 Å². The van der Waals surface area contributed by atoms with Crippen LogP contribution in [-0.4, -0.2) is 23.2 Å². The maximum atomic E-state index is 12.8. The molecule has 1 aromatic carbocycles. The summed E-state index contributed by atoms with van der Waals surface area (Å²) < 4.78 is 12.7. The predicted octanol–water partition coefficient (Wildman–Crippen LogP) is 5.01. The lowest BCUT2D eigenvalue weighted by Crippen LogP contribution is -2.22. The molecular weight excluding hydrogens is 372 g/mol. The van der Waals surface area contributed by atoms with E-state index in [1.165, 1.54) is 35.0 Å². The van der Waals surface area contributed by atoms with Gasteiger partial charge in [-0.2, -0.15) is 0 Å². The minimum absolute atomic E-state index is 0.0785. The average Bonchev–Trinajstić information content (AvgIpc) is 2.67. The van der Waals surface area contributed by atoms with Crippen molar-refractivity contribution in [2.45, 2.75) is 47.1 Å². The van der Waals surface area contributed by atoms with E-state index in [0.717, 1.165) is 12.8 Å². The third kappa shape index (κ3) is 5.25. The molecule has 0 radical (unpaired) electrons. The molecule has 0 aliphatic heterocycles. The van der Waals surface area contributed by atoms with Crippen molar-refractivity contribution in [2.75, 3.05) is 13.7 Å². The Hall–Kier alpha value is -3.09. The van der Waals surface area contributed by atoms with E-state index in [4.69, 9.17) is 9.47 Å². The Bertz CT molecular complexity index is 1010. The number of non-ortho nitro benzene ring substituents is 1. The van der Waals surface area contributed by atoms with Crippen molar-refractivity contribution >= 4 is 16.6 Å². The molecule has 0 unspecified atom stereocenters. The highest BCUT2D eigenvalue weighted by Gasteiger charge is 2.20. The number of nitrogens with zero attached hydrogens (tertiary/aromatic N) is 2. The van der Waals surface area contributed by atoms with Crippen molar-refractivity contribution in [3.63, 3.8) is 0 Å². The highest BCUT2D eigenvalue weighted by molar-refractivity contribution is 5.89. The molecular formula is C22H28N2O5. The third-order valence-corrected chi connectivity index (χ3v) is 4.64. The number of benzene rings is 1. The van der Waals surface area contributed by atoms with E-state index in [2.05, 4.69) is 19.9 Å². The number of pyridine rings is 1. The normalized spacial score (nSPS) is 11.4. The van der Waals surface area contributed by atoms with Crippen molar-refractivity contribution in [3.05, 3.63) is 62.0 Å². The van der Waals surface area contributed by atoms with Crippen molar-refractivity contribution in [3.8, 4) is 11.5 Å². The fraction of sp³-hybridized carbons (Fsp3) is 0.409. The highest BCUT2D eigenvalue weighted by Crippen LogP contribution is 2.34. The first kappa shape index (κ1) is 22.2. The number of aryl methyl sites for hydroxylation is 1. The number of ether oxygens (including phenoxy) is 2. The van der Waals surface area contributed by atoms with Crippen molar-refractivity contribution in [1.29, 1.82) is 0 Å². The van der Waals surface area contributed by atoms with Gasteiger partial charge in [-0.3, -0.25) is 14.9 Å². The van der Waals surface area contributed by atoms with E-state index >= 15 is 0 Å². The van der Waals surface area contributed by atoms with Crippen LogP contribution in [0.15, 0.2) is 46.3 Å². The molecule has 0 amide bonds. The Morgan fingerprint density at radius 3 is 2.52 bits per heavy atom. The summed E-state index contributed by atoms with van der Waals surface area (Å²) in [5.74, 6) is 0.407. The largest absolute Gasteiger partial charge is 0.488 e. The van der Waals surface area contributed by atoms with Gasteiger partial charge in [0, 0.05) is 24.1 Å². The molecule has 7 nitrogen and oxygen atoms in total. The Morgan fingerprint density at radius 2 is 1.93 bits per heavy atom. The van der Waals surface area contributed by atoms with Crippen LogP contribution in [0.2, 0.25) is 0 Å². The molecule has 7 heteroatoms. The zero-order valence-electron chi connectivity index (χ0n) is 17.7. The minimum atomic E-state index is -0.479. The Labute approximate surface area is 170 Å². The van der Waals surface area contributed by atoms with Gasteiger partial charge in [-0.05, 0) is 52.7 Å². The van der Waals surface area contributed by atoms with Gasteiger partial charge in [0.15, 0.2) is 5.75 Å². The summed E-state index contributed by atoms with van der Waals surface area (Å²) >= 11 is 0. The van der Waals surface area contributed by atoms with Gasteiger partial charge in [0.05, 0.1) is 17.5 Å².